The highest BCUT2D eigenvalue weighted by Gasteiger charge is 2.52. The number of benzene rings is 3. The van der Waals surface area contributed by atoms with Gasteiger partial charge in [0.1, 0.15) is 40.9 Å². The van der Waals surface area contributed by atoms with E-state index < -0.39 is 51.6 Å². The summed E-state index contributed by atoms with van der Waals surface area (Å²) in [4.78, 5) is 32.1. The van der Waals surface area contributed by atoms with E-state index in [9.17, 15) is 18.0 Å². The van der Waals surface area contributed by atoms with Crippen molar-refractivity contribution >= 4 is 51.8 Å². The second-order valence-corrected chi connectivity index (χ2v) is 16.4. The predicted octanol–water partition coefficient (Wildman–Crippen LogP) is 9.73. The molecule has 3 aromatic carbocycles. The maximum Gasteiger partial charge on any atom is 0.418 e. The Balaban J connectivity index is 1.25. The van der Waals surface area contributed by atoms with Crippen molar-refractivity contribution in [3.63, 3.8) is 0 Å². The number of fused-ring (bicyclic) bond motifs is 5. The van der Waals surface area contributed by atoms with E-state index in [1.807, 2.05) is 29.2 Å². The van der Waals surface area contributed by atoms with Crippen molar-refractivity contribution in [1.29, 1.82) is 0 Å². The quantitative estimate of drug-likeness (QED) is 0.111. The minimum absolute atomic E-state index is 0.0543. The summed E-state index contributed by atoms with van der Waals surface area (Å²) in [5, 5.41) is -0.724. The molecule has 59 heavy (non-hydrogen) atoms. The van der Waals surface area contributed by atoms with Gasteiger partial charge < -0.3 is 28.7 Å². The van der Waals surface area contributed by atoms with E-state index in [2.05, 4.69) is 15.0 Å². The topological polar surface area (TPSA) is 102 Å². The average Bonchev–Trinajstić information content (AvgIpc) is 3.42. The van der Waals surface area contributed by atoms with Crippen molar-refractivity contribution in [2.45, 2.75) is 76.6 Å². The minimum atomic E-state index is -4.98. The molecule has 0 spiro atoms. The Kier molecular flexibility index (Phi) is 10.6. The molecule has 2 saturated heterocycles. The van der Waals surface area contributed by atoms with E-state index in [0.29, 0.717) is 24.3 Å². The second-order valence-electron chi connectivity index (χ2n) is 15.7. The van der Waals surface area contributed by atoms with Crippen LogP contribution in [0.5, 0.6) is 17.2 Å². The number of amides is 1. The zero-order chi connectivity index (χ0) is 42.0. The summed E-state index contributed by atoms with van der Waals surface area (Å²) < 4.78 is 85.0. The number of pyridine rings is 1. The molecule has 2 bridgehead atoms. The number of hydrogen-bond acceptors (Lipinski definition) is 10. The molecular weight excluding hydrogens is 815 g/mol. The summed E-state index contributed by atoms with van der Waals surface area (Å²) in [6.45, 7) is 6.00. The third-order valence-electron chi connectivity index (χ3n) is 10.8. The van der Waals surface area contributed by atoms with Gasteiger partial charge in [-0.25, -0.2) is 19.2 Å². The number of halogens is 6. The molecule has 0 radical (unpaired) electrons. The Morgan fingerprint density at radius 2 is 1.51 bits per heavy atom. The van der Waals surface area contributed by atoms with Crippen LogP contribution in [0.1, 0.15) is 50.3 Å². The van der Waals surface area contributed by atoms with Crippen LogP contribution in [0.2, 0.25) is 10.3 Å². The first-order valence-electron chi connectivity index (χ1n) is 18.9. The fourth-order valence-electron chi connectivity index (χ4n) is 8.20. The summed E-state index contributed by atoms with van der Waals surface area (Å²) in [5.74, 6) is 0.276. The third kappa shape index (κ3) is 7.70. The normalized spacial score (nSPS) is 18.6. The van der Waals surface area contributed by atoms with Crippen molar-refractivity contribution in [1.82, 2.24) is 19.9 Å². The van der Waals surface area contributed by atoms with Crippen LogP contribution in [0.3, 0.4) is 0 Å². The monoisotopic (exact) mass is 854 g/mol. The number of carbonyl (C=O) groups excluding carboxylic acids is 1. The maximum absolute atomic E-state index is 17.3. The number of alkyl halides is 3. The lowest BCUT2D eigenvalue weighted by Crippen LogP contribution is -2.63. The van der Waals surface area contributed by atoms with Gasteiger partial charge >= 0.3 is 12.3 Å². The van der Waals surface area contributed by atoms with Crippen LogP contribution < -0.4 is 24.0 Å². The van der Waals surface area contributed by atoms with Gasteiger partial charge in [-0.05, 0) is 92.7 Å². The SMILES string of the molecule is COc1ccc(CN(Cc2ccc(OC)cc2)c2ccc(C(F)(F)F)c(-c3c(Cl)c4c5c(nc(Cl)nc5c3F)N3C[C@H]5CC[C@@H]([C@H]3CO4)N5C(=O)OC(C)(C)C)n2)cc1. The first-order chi connectivity index (χ1) is 28.0. The maximum atomic E-state index is 17.3. The van der Waals surface area contributed by atoms with Crippen molar-refractivity contribution in [3.05, 3.63) is 93.5 Å². The van der Waals surface area contributed by atoms with Crippen LogP contribution in [-0.2, 0) is 24.0 Å². The molecule has 0 N–H and O–H groups in total. The second kappa shape index (κ2) is 15.4. The van der Waals surface area contributed by atoms with Gasteiger partial charge in [-0.15, -0.1) is 0 Å². The molecule has 17 heteroatoms. The van der Waals surface area contributed by atoms with Crippen LogP contribution >= 0.6 is 23.2 Å². The van der Waals surface area contributed by atoms with Gasteiger partial charge in [0, 0.05) is 19.6 Å². The van der Waals surface area contributed by atoms with Gasteiger partial charge in [0.05, 0.1) is 59.6 Å². The molecule has 3 aliphatic heterocycles. The van der Waals surface area contributed by atoms with Gasteiger partial charge in [0.15, 0.2) is 11.6 Å². The summed E-state index contributed by atoms with van der Waals surface area (Å²) >= 11 is 13.5. The van der Waals surface area contributed by atoms with E-state index in [-0.39, 0.29) is 71.9 Å². The zero-order valence-electron chi connectivity index (χ0n) is 32.7. The largest absolute Gasteiger partial charge is 0.497 e. The van der Waals surface area contributed by atoms with Crippen molar-refractivity contribution in [2.75, 3.05) is 37.2 Å². The molecule has 310 valence electrons. The first-order valence-corrected chi connectivity index (χ1v) is 19.7. The highest BCUT2D eigenvalue weighted by molar-refractivity contribution is 6.37. The molecule has 1 amide bonds. The van der Waals surface area contributed by atoms with Crippen LogP contribution in [0, 0.1) is 5.82 Å². The molecule has 0 unspecified atom stereocenters. The van der Waals surface area contributed by atoms with E-state index in [0.717, 1.165) is 17.2 Å². The molecule has 2 aromatic heterocycles. The lowest BCUT2D eigenvalue weighted by atomic mass is 10.0. The van der Waals surface area contributed by atoms with Gasteiger partial charge in [-0.2, -0.15) is 18.2 Å². The Bertz CT molecular complexity index is 2370. The Morgan fingerprint density at radius 3 is 2.08 bits per heavy atom. The van der Waals surface area contributed by atoms with Crippen molar-refractivity contribution in [2.24, 2.45) is 0 Å². The summed E-state index contributed by atoms with van der Waals surface area (Å²) in [5.41, 5.74) is -2.15. The van der Waals surface area contributed by atoms with E-state index in [4.69, 9.17) is 42.1 Å². The number of piperazine rings is 1. The molecule has 2 fully saturated rings. The van der Waals surface area contributed by atoms with Crippen LogP contribution in [0.15, 0.2) is 60.7 Å². The minimum Gasteiger partial charge on any atom is -0.497 e. The molecule has 8 rings (SSSR count). The first kappa shape index (κ1) is 40.5. The highest BCUT2D eigenvalue weighted by Crippen LogP contribution is 2.51. The molecule has 0 saturated carbocycles. The fraction of sp³-hybridized carbons (Fsp3) is 0.381. The van der Waals surface area contributed by atoms with Gasteiger partial charge in [0.2, 0.25) is 5.28 Å². The van der Waals surface area contributed by atoms with Gasteiger partial charge in [0.25, 0.3) is 0 Å². The van der Waals surface area contributed by atoms with Crippen LogP contribution in [-0.4, -0.2) is 77.0 Å². The average molecular weight is 856 g/mol. The predicted molar refractivity (Wildman–Crippen MR) is 215 cm³/mol. The Labute approximate surface area is 347 Å². The summed E-state index contributed by atoms with van der Waals surface area (Å²) in [7, 11) is 3.10. The molecule has 3 aliphatic rings. The van der Waals surface area contributed by atoms with E-state index >= 15 is 4.39 Å². The number of hydrogen-bond donors (Lipinski definition) is 0. The number of carbonyl (C=O) groups is 1. The third-order valence-corrected chi connectivity index (χ3v) is 11.4. The number of ether oxygens (including phenoxy) is 4. The number of rotatable bonds is 8. The Hall–Kier alpha value is -5.28. The lowest BCUT2D eigenvalue weighted by molar-refractivity contribution is -0.137. The number of methoxy groups -OCH3 is 2. The van der Waals surface area contributed by atoms with Crippen molar-refractivity contribution < 1.29 is 41.3 Å². The van der Waals surface area contributed by atoms with Gasteiger partial charge in [-0.1, -0.05) is 35.9 Å². The molecule has 5 aromatic rings. The van der Waals surface area contributed by atoms with E-state index in [1.165, 1.54) is 6.07 Å². The van der Waals surface area contributed by atoms with Gasteiger partial charge in [-0.3, -0.25) is 4.90 Å². The summed E-state index contributed by atoms with van der Waals surface area (Å²) in [6.07, 6.45) is -4.15. The van der Waals surface area contributed by atoms with Crippen LogP contribution in [0.4, 0.5) is 34.0 Å². The van der Waals surface area contributed by atoms with E-state index in [1.54, 1.807) is 69.1 Å². The fourth-order valence-corrected chi connectivity index (χ4v) is 8.68. The molecule has 11 nitrogen and oxygen atoms in total. The number of aromatic nitrogens is 3. The number of anilines is 2. The summed E-state index contributed by atoms with van der Waals surface area (Å²) in [6, 6.07) is 15.4. The Morgan fingerprint density at radius 1 is 0.881 bits per heavy atom. The molecule has 5 heterocycles. The van der Waals surface area contributed by atoms with Crippen molar-refractivity contribution in [3.8, 4) is 28.5 Å². The highest BCUT2D eigenvalue weighted by atomic mass is 35.5. The molecule has 0 aliphatic carbocycles. The molecule has 3 atom stereocenters. The smallest absolute Gasteiger partial charge is 0.418 e. The zero-order valence-corrected chi connectivity index (χ0v) is 34.3. The lowest BCUT2D eigenvalue weighted by Gasteiger charge is -2.46. The van der Waals surface area contributed by atoms with Crippen LogP contribution in [0.25, 0.3) is 22.2 Å². The standard InChI is InChI=1S/C42H40Cl2F4N6O5/c1-41(2,3)59-40(55)54-24-10-16-28(54)29-21-58-37-32-36(50-39(44)51-38(32)53(29)20-24)34(45)31(33(37)43)35-27(42(46,47)48)15-17-30(49-35)52(18-22-6-11-25(56-4)12-7-22)19-23-8-13-26(57-5)14-9-23/h6-9,11-15,17,24,28-29H,10,16,18-21H2,1-5H3/t24-,28+,29-/m1/s1. The molecular formula is C42H40Cl2F4N6O5. The number of nitrogens with zero attached hydrogens (tertiary/aromatic N) is 6.